The van der Waals surface area contributed by atoms with E-state index in [9.17, 15) is 5.11 Å². The van der Waals surface area contributed by atoms with Crippen LogP contribution in [0.2, 0.25) is 10.6 Å². The first-order chi connectivity index (χ1) is 23.4. The van der Waals surface area contributed by atoms with Crippen molar-refractivity contribution in [1.29, 1.82) is 0 Å². The van der Waals surface area contributed by atoms with Crippen molar-refractivity contribution in [1.82, 2.24) is 39.0 Å². The molecule has 5 N–H and O–H groups in total. The summed E-state index contributed by atoms with van der Waals surface area (Å²) >= 11 is 11.9. The molecule has 0 saturated carbocycles. The third kappa shape index (κ3) is 6.57. The topological polar surface area (TPSA) is 224 Å². The van der Waals surface area contributed by atoms with Gasteiger partial charge < -0.3 is 49.7 Å². The maximum Gasteiger partial charge on any atom is 0.226 e. The van der Waals surface area contributed by atoms with Gasteiger partial charge >= 0.3 is 0 Å². The number of imidazole rings is 2. The fourth-order valence-corrected chi connectivity index (χ4v) is 6.92. The Hall–Kier alpha value is -3.04. The molecule has 4 saturated heterocycles. The summed E-state index contributed by atoms with van der Waals surface area (Å²) in [4.78, 5) is 24.8. The summed E-state index contributed by atoms with van der Waals surface area (Å²) in [6.45, 7) is 13.6. The highest BCUT2D eigenvalue weighted by atomic mass is 35.5. The first-order valence-electron chi connectivity index (χ1n) is 16.0. The Labute approximate surface area is 296 Å². The monoisotopic (exact) mass is 738 g/mol. The average molecular weight is 740 g/mol. The molecule has 4 aromatic heterocycles. The maximum atomic E-state index is 9.55. The molecular weight excluding hydrogens is 699 g/mol. The van der Waals surface area contributed by atoms with E-state index in [1.165, 1.54) is 0 Å². The van der Waals surface area contributed by atoms with Crippen LogP contribution in [-0.4, -0.2) is 111 Å². The highest BCUT2D eigenvalue weighted by Crippen LogP contribution is 2.45. The van der Waals surface area contributed by atoms with Gasteiger partial charge in [-0.1, -0.05) is 0 Å². The van der Waals surface area contributed by atoms with Crippen LogP contribution in [0.25, 0.3) is 22.3 Å². The maximum absolute atomic E-state index is 9.55. The molecule has 0 radical (unpaired) electrons. The molecule has 8 atom stereocenters. The fourth-order valence-electron chi connectivity index (χ4n) is 6.57. The number of halogens is 2. The first kappa shape index (κ1) is 35.4. The predicted octanol–water partition coefficient (Wildman–Crippen LogP) is 2.77. The van der Waals surface area contributed by atoms with Crippen LogP contribution in [0.15, 0.2) is 12.7 Å². The van der Waals surface area contributed by atoms with Crippen molar-refractivity contribution >= 4 is 57.2 Å². The van der Waals surface area contributed by atoms with Crippen molar-refractivity contribution in [3.05, 3.63) is 23.2 Å². The number of anilines is 2. The molecule has 20 heteroatoms. The van der Waals surface area contributed by atoms with E-state index in [2.05, 4.69) is 29.9 Å². The molecule has 8 heterocycles. The highest BCUT2D eigenvalue weighted by Gasteiger charge is 2.57. The molecule has 0 aliphatic carbocycles. The number of aliphatic hydroxyl groups is 1. The minimum atomic E-state index is -0.757. The second kappa shape index (κ2) is 12.6. The summed E-state index contributed by atoms with van der Waals surface area (Å²) in [5.74, 6) is -1.07. The number of hydrogen-bond donors (Lipinski definition) is 3. The van der Waals surface area contributed by atoms with Gasteiger partial charge in [0.15, 0.2) is 47.0 Å². The van der Waals surface area contributed by atoms with Crippen LogP contribution < -0.4 is 11.5 Å². The van der Waals surface area contributed by atoms with Crippen molar-refractivity contribution in [2.45, 2.75) is 115 Å². The highest BCUT2D eigenvalue weighted by molar-refractivity contribution is 6.29. The van der Waals surface area contributed by atoms with E-state index < -0.39 is 36.2 Å². The third-order valence-electron chi connectivity index (χ3n) is 8.50. The lowest BCUT2D eigenvalue weighted by molar-refractivity contribution is -0.205. The molecule has 18 nitrogen and oxygen atoms in total. The molecule has 2 unspecified atom stereocenters. The van der Waals surface area contributed by atoms with Gasteiger partial charge in [-0.25, -0.2) is 9.97 Å². The Balaban J connectivity index is 0.000000159. The molecule has 0 bridgehead atoms. The van der Waals surface area contributed by atoms with E-state index in [1.807, 2.05) is 48.5 Å². The number of nitrogens with two attached hydrogens (primary N) is 2. The number of aromatic nitrogens is 8. The minimum absolute atomic E-state index is 0.0222. The Kier molecular flexibility index (Phi) is 8.89. The van der Waals surface area contributed by atoms with Crippen molar-refractivity contribution < 1.29 is 38.3 Å². The van der Waals surface area contributed by atoms with Gasteiger partial charge in [0, 0.05) is 0 Å². The standard InChI is InChI=1S/C17H24ClN5O4.C13H16ClN5O4/c1-16(2,3)24-6-8-10-11(27-17(4,5)26-10)14(25-8)23-7-20-9-12(19)21-15(18)22-13(9)23;1-13(2)22-7-5(3-20)21-11(8(7)23-13)19-4-16-6-9(15)17-12(14)18-10(6)19/h7-8,10-11,14H,6H2,1-5H3,(H2,19,21,22);4-5,7-8,11,20H,3H2,1-2H3,(H2,15,17,18)/t8-,10+,11?,14-;5-,7+,8?,11-/m11/s1. The van der Waals surface area contributed by atoms with Gasteiger partial charge in [-0.15, -0.1) is 0 Å². The third-order valence-corrected chi connectivity index (χ3v) is 8.84. The largest absolute Gasteiger partial charge is 0.394 e. The van der Waals surface area contributed by atoms with Crippen LogP contribution in [0.5, 0.6) is 0 Å². The number of nitrogens with zero attached hydrogens (tertiary/aromatic N) is 8. The van der Waals surface area contributed by atoms with Gasteiger partial charge in [0.2, 0.25) is 10.6 Å². The van der Waals surface area contributed by atoms with Crippen LogP contribution in [-0.2, 0) is 33.2 Å². The van der Waals surface area contributed by atoms with Crippen LogP contribution in [0.4, 0.5) is 11.6 Å². The van der Waals surface area contributed by atoms with Crippen molar-refractivity contribution in [3.63, 3.8) is 0 Å². The molecule has 0 amide bonds. The van der Waals surface area contributed by atoms with Crippen LogP contribution in [0.3, 0.4) is 0 Å². The smallest absolute Gasteiger partial charge is 0.226 e. The summed E-state index contributed by atoms with van der Waals surface area (Å²) in [6.07, 6.45) is -0.124. The Morgan fingerprint density at radius 3 is 1.60 bits per heavy atom. The number of rotatable bonds is 5. The molecule has 0 aromatic carbocycles. The minimum Gasteiger partial charge on any atom is -0.394 e. The zero-order valence-corrected chi connectivity index (χ0v) is 30.0. The lowest BCUT2D eigenvalue weighted by Crippen LogP contribution is -2.35. The molecule has 8 rings (SSSR count). The van der Waals surface area contributed by atoms with Crippen LogP contribution in [0.1, 0.15) is 60.9 Å². The predicted molar refractivity (Wildman–Crippen MR) is 178 cm³/mol. The number of nitrogen functional groups attached to an aromatic ring is 2. The Morgan fingerprint density at radius 2 is 1.16 bits per heavy atom. The zero-order valence-electron chi connectivity index (χ0n) is 28.5. The van der Waals surface area contributed by atoms with Crippen molar-refractivity contribution in [2.75, 3.05) is 24.7 Å². The van der Waals surface area contributed by atoms with E-state index in [4.69, 9.17) is 67.8 Å². The second-order valence-corrected chi connectivity index (χ2v) is 14.9. The summed E-state index contributed by atoms with van der Waals surface area (Å²) in [5, 5.41) is 9.62. The SMILES string of the molecule is CC(C)(C)OC[C@H]1O[C@@H](n2cnc3c(N)nc(Cl)nc32)C2OC(C)(C)O[C@H]21.CC1(C)OC2[C@@H](O1)[C@@H](CO)O[C@H]2n1cnc2c(N)nc(Cl)nc21. The van der Waals surface area contributed by atoms with Gasteiger partial charge in [0.1, 0.15) is 47.7 Å². The quantitative estimate of drug-likeness (QED) is 0.250. The second-order valence-electron chi connectivity index (χ2n) is 14.3. The van der Waals surface area contributed by atoms with E-state index in [0.29, 0.717) is 28.9 Å². The lowest BCUT2D eigenvalue weighted by atomic mass is 10.1. The van der Waals surface area contributed by atoms with E-state index in [-0.39, 0.29) is 58.8 Å². The number of aliphatic hydroxyl groups excluding tert-OH is 1. The summed E-state index contributed by atoms with van der Waals surface area (Å²) in [5.41, 5.74) is 13.3. The molecule has 272 valence electrons. The molecule has 4 aliphatic heterocycles. The number of fused-ring (bicyclic) bond motifs is 4. The van der Waals surface area contributed by atoms with E-state index in [0.717, 1.165) is 0 Å². The van der Waals surface area contributed by atoms with Crippen molar-refractivity contribution in [3.8, 4) is 0 Å². The molecule has 50 heavy (non-hydrogen) atoms. The first-order valence-corrected chi connectivity index (χ1v) is 16.8. The molecule has 4 fully saturated rings. The summed E-state index contributed by atoms with van der Waals surface area (Å²) in [6, 6.07) is 0. The average Bonchev–Trinajstić information content (AvgIpc) is 3.83. The lowest BCUT2D eigenvalue weighted by Gasteiger charge is -2.27. The summed E-state index contributed by atoms with van der Waals surface area (Å²) in [7, 11) is 0. The van der Waals surface area contributed by atoms with Crippen LogP contribution in [0, 0.1) is 0 Å². The normalized spacial score (nSPS) is 31.2. The van der Waals surface area contributed by atoms with Gasteiger partial charge in [0.25, 0.3) is 0 Å². The Bertz CT molecular complexity index is 1900. The fraction of sp³-hybridized carbons (Fsp3) is 0.667. The van der Waals surface area contributed by atoms with Gasteiger partial charge in [0.05, 0.1) is 31.5 Å². The summed E-state index contributed by atoms with van der Waals surface area (Å²) < 4.78 is 45.5. The van der Waals surface area contributed by atoms with E-state index in [1.54, 1.807) is 21.8 Å². The van der Waals surface area contributed by atoms with Gasteiger partial charge in [-0.05, 0) is 71.7 Å². The van der Waals surface area contributed by atoms with Crippen LogP contribution >= 0.6 is 23.2 Å². The molecule has 4 aromatic rings. The van der Waals surface area contributed by atoms with E-state index >= 15 is 0 Å². The number of ether oxygens (including phenoxy) is 7. The number of hydrogen-bond acceptors (Lipinski definition) is 16. The van der Waals surface area contributed by atoms with Gasteiger partial charge in [-0.2, -0.15) is 19.9 Å². The molecule has 4 aliphatic rings. The molecular formula is C30H40Cl2N10O8. The van der Waals surface area contributed by atoms with Crippen molar-refractivity contribution in [2.24, 2.45) is 0 Å². The van der Waals surface area contributed by atoms with Gasteiger partial charge in [-0.3, -0.25) is 9.13 Å². The zero-order chi connectivity index (χ0) is 35.9. The Morgan fingerprint density at radius 1 is 0.740 bits per heavy atom. The molecule has 0 spiro atoms.